The lowest BCUT2D eigenvalue weighted by Crippen LogP contribution is -2.43. The Kier molecular flexibility index (Phi) is 3.06. The molecule has 0 aromatic heterocycles. The molecule has 1 aliphatic rings. The van der Waals surface area contributed by atoms with Crippen molar-refractivity contribution in [2.45, 2.75) is 25.8 Å². The Morgan fingerprint density at radius 2 is 2.19 bits per heavy atom. The summed E-state index contributed by atoms with van der Waals surface area (Å²) in [5, 5.41) is 3.29. The van der Waals surface area contributed by atoms with E-state index in [1.807, 2.05) is 0 Å². The van der Waals surface area contributed by atoms with Gasteiger partial charge in [0.25, 0.3) is 5.91 Å². The van der Waals surface area contributed by atoms with E-state index in [4.69, 9.17) is 17.3 Å². The zero-order valence-corrected chi connectivity index (χ0v) is 9.92. The first-order valence-electron chi connectivity index (χ1n) is 5.42. The van der Waals surface area contributed by atoms with Crippen LogP contribution in [-0.2, 0) is 0 Å². The summed E-state index contributed by atoms with van der Waals surface area (Å²) in [6.45, 7) is 2.18. The summed E-state index contributed by atoms with van der Waals surface area (Å²) in [5.41, 5.74) is 6.55. The summed E-state index contributed by atoms with van der Waals surface area (Å²) in [4.78, 5) is 11.9. The number of hydrogen-bond donors (Lipinski definition) is 2. The van der Waals surface area contributed by atoms with Gasteiger partial charge in [-0.3, -0.25) is 4.79 Å². The minimum atomic E-state index is -0.130. The van der Waals surface area contributed by atoms with Gasteiger partial charge in [-0.05, 0) is 30.9 Å². The van der Waals surface area contributed by atoms with Gasteiger partial charge in [0.1, 0.15) is 0 Å². The van der Waals surface area contributed by atoms with Gasteiger partial charge in [0.15, 0.2) is 0 Å². The smallest absolute Gasteiger partial charge is 0.253 e. The predicted molar refractivity (Wildman–Crippen MR) is 65.5 cm³/mol. The van der Waals surface area contributed by atoms with E-state index < -0.39 is 0 Å². The number of nitrogen functional groups attached to an aromatic ring is 1. The molecule has 0 aliphatic heterocycles. The average Bonchev–Trinajstić information content (AvgIpc) is 2.19. The van der Waals surface area contributed by atoms with Crippen LogP contribution < -0.4 is 11.1 Å². The van der Waals surface area contributed by atoms with Crippen molar-refractivity contribution in [3.8, 4) is 0 Å². The zero-order chi connectivity index (χ0) is 11.7. The van der Waals surface area contributed by atoms with Gasteiger partial charge in [-0.2, -0.15) is 0 Å². The van der Waals surface area contributed by atoms with Crippen LogP contribution in [0, 0.1) is 5.92 Å². The van der Waals surface area contributed by atoms with Crippen LogP contribution in [0.5, 0.6) is 0 Å². The third-order valence-electron chi connectivity index (χ3n) is 2.98. The van der Waals surface area contributed by atoms with E-state index in [0.29, 0.717) is 28.2 Å². The molecule has 0 spiro atoms. The molecule has 0 saturated heterocycles. The maximum atomic E-state index is 11.9. The van der Waals surface area contributed by atoms with Gasteiger partial charge in [-0.15, -0.1) is 0 Å². The first-order chi connectivity index (χ1) is 7.58. The Morgan fingerprint density at radius 3 is 2.81 bits per heavy atom. The fourth-order valence-electron chi connectivity index (χ4n) is 2.01. The minimum Gasteiger partial charge on any atom is -0.398 e. The lowest BCUT2D eigenvalue weighted by atomic mass is 9.82. The molecule has 86 valence electrons. The van der Waals surface area contributed by atoms with Gasteiger partial charge in [0.05, 0.1) is 16.3 Å². The highest BCUT2D eigenvalue weighted by Crippen LogP contribution is 2.28. The molecule has 1 aromatic rings. The molecule has 0 atom stereocenters. The molecular weight excluding hydrogens is 224 g/mol. The normalized spacial score (nSPS) is 23.6. The zero-order valence-electron chi connectivity index (χ0n) is 9.16. The fraction of sp³-hybridized carbons (Fsp3) is 0.417. The summed E-state index contributed by atoms with van der Waals surface area (Å²) in [5.74, 6) is 0.579. The van der Waals surface area contributed by atoms with Crippen LogP contribution in [0.15, 0.2) is 18.2 Å². The van der Waals surface area contributed by atoms with Crippen molar-refractivity contribution in [2.24, 2.45) is 5.92 Å². The van der Waals surface area contributed by atoms with Gasteiger partial charge in [-0.1, -0.05) is 24.6 Å². The van der Waals surface area contributed by atoms with Crippen molar-refractivity contribution in [1.82, 2.24) is 5.32 Å². The number of hydrogen-bond acceptors (Lipinski definition) is 2. The van der Waals surface area contributed by atoms with Gasteiger partial charge in [-0.25, -0.2) is 0 Å². The van der Waals surface area contributed by atoms with Crippen LogP contribution in [0.1, 0.15) is 30.1 Å². The summed E-state index contributed by atoms with van der Waals surface area (Å²) in [7, 11) is 0. The molecule has 0 heterocycles. The Labute approximate surface area is 100.0 Å². The van der Waals surface area contributed by atoms with Crippen molar-refractivity contribution < 1.29 is 4.79 Å². The SMILES string of the molecule is CC1CC(NC(=O)c2cccc(N)c2Cl)C1. The van der Waals surface area contributed by atoms with E-state index in [1.165, 1.54) is 0 Å². The summed E-state index contributed by atoms with van der Waals surface area (Å²) in [6.07, 6.45) is 2.09. The molecule has 1 fully saturated rings. The van der Waals surface area contributed by atoms with Gasteiger partial charge in [0.2, 0.25) is 0 Å². The second-order valence-corrected chi connectivity index (χ2v) is 4.83. The number of nitrogens with one attached hydrogen (secondary N) is 1. The average molecular weight is 239 g/mol. The van der Waals surface area contributed by atoms with Crippen molar-refractivity contribution in [3.05, 3.63) is 28.8 Å². The standard InChI is InChI=1S/C12H15ClN2O/c1-7-5-8(6-7)15-12(16)9-3-2-4-10(14)11(9)13/h2-4,7-8H,5-6,14H2,1H3,(H,15,16). The Hall–Kier alpha value is -1.22. The van der Waals surface area contributed by atoms with Crippen LogP contribution in [-0.4, -0.2) is 11.9 Å². The topological polar surface area (TPSA) is 55.1 Å². The molecule has 1 saturated carbocycles. The summed E-state index contributed by atoms with van der Waals surface area (Å²) in [6, 6.07) is 5.40. The molecular formula is C12H15ClN2O. The number of anilines is 1. The third kappa shape index (κ3) is 2.14. The van der Waals surface area contributed by atoms with Crippen molar-refractivity contribution in [1.29, 1.82) is 0 Å². The van der Waals surface area contributed by atoms with E-state index in [2.05, 4.69) is 12.2 Å². The first-order valence-corrected chi connectivity index (χ1v) is 5.80. The van der Waals surface area contributed by atoms with E-state index in [-0.39, 0.29) is 5.91 Å². The molecule has 0 radical (unpaired) electrons. The van der Waals surface area contributed by atoms with E-state index >= 15 is 0 Å². The predicted octanol–water partition coefficient (Wildman–Crippen LogP) is 2.45. The molecule has 3 N–H and O–H groups in total. The molecule has 3 nitrogen and oxygen atoms in total. The molecule has 4 heteroatoms. The second kappa shape index (κ2) is 4.34. The van der Waals surface area contributed by atoms with Gasteiger partial charge in [0, 0.05) is 6.04 Å². The number of carbonyl (C=O) groups is 1. The third-order valence-corrected chi connectivity index (χ3v) is 3.40. The highest BCUT2D eigenvalue weighted by atomic mass is 35.5. The van der Waals surface area contributed by atoms with Crippen molar-refractivity contribution >= 4 is 23.2 Å². The molecule has 0 unspecified atom stereocenters. The highest BCUT2D eigenvalue weighted by molar-refractivity contribution is 6.36. The molecule has 1 aliphatic carbocycles. The van der Waals surface area contributed by atoms with E-state index in [1.54, 1.807) is 18.2 Å². The molecule has 1 aromatic carbocycles. The Balaban J connectivity index is 2.06. The Bertz CT molecular complexity index is 413. The van der Waals surface area contributed by atoms with Crippen LogP contribution in [0.3, 0.4) is 0 Å². The van der Waals surface area contributed by atoms with Crippen molar-refractivity contribution in [2.75, 3.05) is 5.73 Å². The van der Waals surface area contributed by atoms with E-state index in [9.17, 15) is 4.79 Å². The molecule has 2 rings (SSSR count). The maximum absolute atomic E-state index is 11.9. The van der Waals surface area contributed by atoms with E-state index in [0.717, 1.165) is 12.8 Å². The van der Waals surface area contributed by atoms with Gasteiger partial charge >= 0.3 is 0 Å². The van der Waals surface area contributed by atoms with Crippen LogP contribution in [0.25, 0.3) is 0 Å². The second-order valence-electron chi connectivity index (χ2n) is 4.46. The van der Waals surface area contributed by atoms with Crippen molar-refractivity contribution in [3.63, 3.8) is 0 Å². The lowest BCUT2D eigenvalue weighted by Gasteiger charge is -2.33. The maximum Gasteiger partial charge on any atom is 0.253 e. The fourth-order valence-corrected chi connectivity index (χ4v) is 2.22. The first kappa shape index (κ1) is 11.3. The molecule has 1 amide bonds. The largest absolute Gasteiger partial charge is 0.398 e. The number of halogens is 1. The van der Waals surface area contributed by atoms with Crippen LogP contribution >= 0.6 is 11.6 Å². The Morgan fingerprint density at radius 1 is 1.50 bits per heavy atom. The number of nitrogens with two attached hydrogens (primary N) is 1. The lowest BCUT2D eigenvalue weighted by molar-refractivity contribution is 0.0896. The van der Waals surface area contributed by atoms with Crippen LogP contribution in [0.4, 0.5) is 5.69 Å². The summed E-state index contributed by atoms with van der Waals surface area (Å²) < 4.78 is 0. The van der Waals surface area contributed by atoms with Gasteiger partial charge < -0.3 is 11.1 Å². The molecule has 16 heavy (non-hydrogen) atoms. The molecule has 0 bridgehead atoms. The highest BCUT2D eigenvalue weighted by Gasteiger charge is 2.27. The monoisotopic (exact) mass is 238 g/mol. The minimum absolute atomic E-state index is 0.130. The summed E-state index contributed by atoms with van der Waals surface area (Å²) >= 11 is 5.98. The number of rotatable bonds is 2. The quantitative estimate of drug-likeness (QED) is 0.778. The van der Waals surface area contributed by atoms with Crippen LogP contribution in [0.2, 0.25) is 5.02 Å². The number of carbonyl (C=O) groups excluding carboxylic acids is 1. The number of benzene rings is 1. The number of amides is 1.